The quantitative estimate of drug-likeness (QED) is 0.0272. The largest absolute Gasteiger partial charge is 0.756 e. The molecule has 0 aliphatic carbocycles. The third-order valence-electron chi connectivity index (χ3n) is 14.2. The van der Waals surface area contributed by atoms with E-state index in [0.29, 0.717) is 17.4 Å². The molecule has 0 saturated carbocycles. The molecule has 8 nitrogen and oxygen atoms in total. The van der Waals surface area contributed by atoms with Crippen molar-refractivity contribution in [1.82, 2.24) is 5.32 Å². The van der Waals surface area contributed by atoms with Crippen LogP contribution in [0.3, 0.4) is 0 Å². The average Bonchev–Trinajstić information content (AvgIpc) is 3.42. The summed E-state index contributed by atoms with van der Waals surface area (Å²) in [5.41, 5.74) is 0. The second-order valence-electron chi connectivity index (χ2n) is 23.1. The summed E-state index contributed by atoms with van der Waals surface area (Å²) in [7, 11) is 1.25. The Hall–Kier alpha value is -3.10. The number of unbranched alkanes of at least 4 members (excludes halogenated alkanes) is 28. The molecule has 0 heterocycles. The molecule has 2 N–H and O–H groups in total. The lowest BCUT2D eigenvalue weighted by Gasteiger charge is -2.29. The van der Waals surface area contributed by atoms with Crippen molar-refractivity contribution in [3.63, 3.8) is 0 Å². The van der Waals surface area contributed by atoms with Gasteiger partial charge in [0, 0.05) is 6.42 Å². The van der Waals surface area contributed by atoms with Gasteiger partial charge in [0.25, 0.3) is 7.82 Å². The SMILES string of the molecule is CC/C=C\C/C=C\C/C=C\C/C=C\C/C=C\C/C=C\C/C=C\C/C=C\C/C=C\CCCCCCCCCCCCCCCC(=O)NC(COP(=O)([O-])OCC[N+](C)(C)C)C(O)/C=C/CCCCCCCCCCCCCCCCC. The molecule has 1 amide bonds. The number of nitrogens with zero attached hydrogens (tertiary/aromatic N) is 1. The second kappa shape index (κ2) is 60.5. The van der Waals surface area contributed by atoms with Gasteiger partial charge >= 0.3 is 0 Å². The highest BCUT2D eigenvalue weighted by Gasteiger charge is 2.23. The number of hydrogen-bond acceptors (Lipinski definition) is 6. The van der Waals surface area contributed by atoms with Crippen LogP contribution in [0.25, 0.3) is 0 Å². The summed E-state index contributed by atoms with van der Waals surface area (Å²) in [6, 6.07) is -0.894. The molecule has 460 valence electrons. The highest BCUT2D eigenvalue weighted by atomic mass is 31.2. The molecule has 0 aliphatic rings. The molecule has 0 spiro atoms. The van der Waals surface area contributed by atoms with Gasteiger partial charge in [-0.15, -0.1) is 0 Å². The van der Waals surface area contributed by atoms with Crippen LogP contribution in [0.15, 0.2) is 122 Å². The first-order chi connectivity index (χ1) is 39.0. The van der Waals surface area contributed by atoms with Crippen LogP contribution in [0.5, 0.6) is 0 Å². The van der Waals surface area contributed by atoms with Crippen LogP contribution in [0.1, 0.15) is 271 Å². The Morgan fingerprint density at radius 3 is 1.11 bits per heavy atom. The van der Waals surface area contributed by atoms with E-state index in [1.54, 1.807) is 6.08 Å². The van der Waals surface area contributed by atoms with E-state index in [1.165, 1.54) is 154 Å². The lowest BCUT2D eigenvalue weighted by molar-refractivity contribution is -0.870. The molecule has 0 fully saturated rings. The lowest BCUT2D eigenvalue weighted by atomic mass is 10.0. The van der Waals surface area contributed by atoms with Gasteiger partial charge in [-0.1, -0.05) is 296 Å². The molecule has 9 heteroatoms. The molecule has 0 saturated heterocycles. The maximum atomic E-state index is 13.0. The van der Waals surface area contributed by atoms with Crippen LogP contribution in [0.2, 0.25) is 0 Å². The zero-order valence-corrected chi connectivity index (χ0v) is 53.4. The van der Waals surface area contributed by atoms with E-state index in [1.807, 2.05) is 27.2 Å². The Labute approximate surface area is 494 Å². The minimum Gasteiger partial charge on any atom is -0.756 e. The number of amides is 1. The van der Waals surface area contributed by atoms with Gasteiger partial charge < -0.3 is 28.8 Å². The zero-order chi connectivity index (χ0) is 58.4. The fourth-order valence-electron chi connectivity index (χ4n) is 9.09. The van der Waals surface area contributed by atoms with E-state index >= 15 is 0 Å². The molecule has 0 aromatic heterocycles. The van der Waals surface area contributed by atoms with Crippen molar-refractivity contribution >= 4 is 13.7 Å². The van der Waals surface area contributed by atoms with Crippen LogP contribution < -0.4 is 10.2 Å². The highest BCUT2D eigenvalue weighted by molar-refractivity contribution is 7.45. The van der Waals surface area contributed by atoms with E-state index < -0.39 is 20.0 Å². The monoisotopic (exact) mass is 1130 g/mol. The molecule has 0 aromatic carbocycles. The lowest BCUT2D eigenvalue weighted by Crippen LogP contribution is -2.45. The Morgan fingerprint density at radius 1 is 0.450 bits per heavy atom. The first-order valence-corrected chi connectivity index (χ1v) is 34.4. The Morgan fingerprint density at radius 2 is 0.762 bits per heavy atom. The number of nitrogens with one attached hydrogen (secondary N) is 1. The van der Waals surface area contributed by atoms with Crippen LogP contribution >= 0.6 is 7.82 Å². The van der Waals surface area contributed by atoms with Gasteiger partial charge in [-0.25, -0.2) is 0 Å². The van der Waals surface area contributed by atoms with Crippen molar-refractivity contribution in [3.8, 4) is 0 Å². The smallest absolute Gasteiger partial charge is 0.268 e. The number of phosphoric acid groups is 1. The van der Waals surface area contributed by atoms with Crippen molar-refractivity contribution in [3.05, 3.63) is 122 Å². The fourth-order valence-corrected chi connectivity index (χ4v) is 9.81. The van der Waals surface area contributed by atoms with Crippen molar-refractivity contribution < 1.29 is 32.9 Å². The summed E-state index contributed by atoms with van der Waals surface area (Å²) >= 11 is 0. The van der Waals surface area contributed by atoms with Gasteiger partial charge in [-0.2, -0.15) is 0 Å². The third-order valence-corrected chi connectivity index (χ3v) is 15.1. The predicted molar refractivity (Wildman–Crippen MR) is 348 cm³/mol. The summed E-state index contributed by atoms with van der Waals surface area (Å²) < 4.78 is 23.4. The average molecular weight is 1130 g/mol. The van der Waals surface area contributed by atoms with Gasteiger partial charge in [0.1, 0.15) is 13.2 Å². The van der Waals surface area contributed by atoms with Gasteiger partial charge in [0.15, 0.2) is 0 Å². The Kier molecular flexibility index (Phi) is 58.1. The van der Waals surface area contributed by atoms with E-state index in [2.05, 4.69) is 129 Å². The van der Waals surface area contributed by atoms with Crippen molar-refractivity contribution in [1.29, 1.82) is 0 Å². The predicted octanol–water partition coefficient (Wildman–Crippen LogP) is 20.2. The van der Waals surface area contributed by atoms with E-state index in [9.17, 15) is 19.4 Å². The summed E-state index contributed by atoms with van der Waals surface area (Å²) in [5, 5.41) is 13.9. The van der Waals surface area contributed by atoms with Gasteiger partial charge in [-0.05, 0) is 89.9 Å². The number of hydrogen-bond donors (Lipinski definition) is 2. The number of quaternary nitrogens is 1. The molecule has 0 aromatic rings. The number of rotatable bonds is 59. The maximum Gasteiger partial charge on any atom is 0.268 e. The van der Waals surface area contributed by atoms with Crippen molar-refractivity contribution in [2.75, 3.05) is 40.9 Å². The number of phosphoric ester groups is 1. The number of allylic oxidation sites excluding steroid dienone is 19. The van der Waals surface area contributed by atoms with E-state index in [4.69, 9.17) is 9.05 Å². The normalized spacial score (nSPS) is 14.5. The van der Waals surface area contributed by atoms with E-state index in [0.717, 1.165) is 96.3 Å². The third kappa shape index (κ3) is 62.5. The summed E-state index contributed by atoms with van der Waals surface area (Å²) in [5.74, 6) is -0.201. The molecule has 0 radical (unpaired) electrons. The molecular formula is C71H125N2O6P. The number of likely N-dealkylation sites (N-methyl/N-ethyl adjacent to an activating group) is 1. The van der Waals surface area contributed by atoms with Crippen LogP contribution in [-0.4, -0.2) is 68.5 Å². The molecule has 3 atom stereocenters. The summed E-state index contributed by atoms with van der Waals surface area (Å²) in [6.45, 7) is 4.54. The number of aliphatic hydroxyl groups is 1. The van der Waals surface area contributed by atoms with Crippen LogP contribution in [-0.2, 0) is 18.4 Å². The van der Waals surface area contributed by atoms with Crippen LogP contribution in [0, 0.1) is 0 Å². The number of carbonyl (C=O) groups excluding carboxylic acids is 1. The first-order valence-electron chi connectivity index (χ1n) is 32.9. The Balaban J connectivity index is 4.06. The molecule has 0 rings (SSSR count). The van der Waals surface area contributed by atoms with Crippen molar-refractivity contribution in [2.24, 2.45) is 0 Å². The van der Waals surface area contributed by atoms with E-state index in [-0.39, 0.29) is 19.1 Å². The van der Waals surface area contributed by atoms with Gasteiger partial charge in [-0.3, -0.25) is 9.36 Å². The number of carbonyl (C=O) groups is 1. The minimum absolute atomic E-state index is 0.00502. The van der Waals surface area contributed by atoms with Gasteiger partial charge in [0.05, 0.1) is 39.9 Å². The topological polar surface area (TPSA) is 108 Å². The Bertz CT molecular complexity index is 1720. The summed E-state index contributed by atoms with van der Waals surface area (Å²) in [4.78, 5) is 25.6. The summed E-state index contributed by atoms with van der Waals surface area (Å²) in [6.07, 6.45) is 90.1. The fraction of sp³-hybridized carbons (Fsp3) is 0.704. The molecule has 0 aliphatic heterocycles. The highest BCUT2D eigenvalue weighted by Crippen LogP contribution is 2.38. The first kappa shape index (κ1) is 76.9. The van der Waals surface area contributed by atoms with Gasteiger partial charge in [0.2, 0.25) is 5.91 Å². The second-order valence-corrected chi connectivity index (χ2v) is 24.5. The molecular weight excluding hydrogens is 1010 g/mol. The molecule has 0 bridgehead atoms. The zero-order valence-electron chi connectivity index (χ0n) is 52.5. The van der Waals surface area contributed by atoms with Crippen LogP contribution in [0.4, 0.5) is 0 Å². The standard InChI is InChI=1S/C71H125N2O6P/c1-6-8-10-12-14-16-18-20-22-24-25-26-27-28-29-30-31-32-33-34-35-36-37-38-39-40-41-42-43-44-45-46-47-49-51-53-55-57-59-61-63-65-71(75)72-69(68-79-80(76,77)78-67-66-73(3,4)5)70(74)64-62-60-58-56-54-52-50-48-23-21-19-17-15-13-11-9-7-2/h8,10,14,16,20,22,25-26,28-29,31-32,34-35,37-38,40-41,62,64,69-70,74H,6-7,9,11-13,15,17-19,21,23-24,27,30,33,36,39,42-61,63,65-68H2,1-5H3,(H-,72,75,76,77)/b10-8-,16-14-,22-20-,26-25-,29-28-,32-31-,35-34-,38-37-,41-40-,64-62+. The van der Waals surface area contributed by atoms with Crippen molar-refractivity contribution in [2.45, 2.75) is 283 Å². The molecule has 3 unspecified atom stereocenters. The minimum atomic E-state index is -4.60. The maximum absolute atomic E-state index is 13.0. The molecule has 80 heavy (non-hydrogen) atoms. The number of aliphatic hydroxyl groups excluding tert-OH is 1.